The monoisotopic (exact) mass is 746 g/mol. The number of ether oxygens (including phenoxy) is 4. The fourth-order valence-electron chi connectivity index (χ4n) is 6.73. The number of hydrogen-bond acceptors (Lipinski definition) is 7. The molecule has 1 atom stereocenters. The molecule has 1 amide bonds. The second kappa shape index (κ2) is 26.0. The minimum atomic E-state index is 0.0252. The van der Waals surface area contributed by atoms with Crippen molar-refractivity contribution in [2.24, 2.45) is 10.4 Å². The Labute approximate surface area is 328 Å². The minimum Gasteiger partial charge on any atom is -0.493 e. The smallest absolute Gasteiger partial charge is 0.254 e. The third kappa shape index (κ3) is 15.8. The maximum Gasteiger partial charge on any atom is 0.254 e. The van der Waals surface area contributed by atoms with Crippen LogP contribution in [-0.2, 0) is 11.2 Å². The van der Waals surface area contributed by atoms with E-state index < -0.39 is 0 Å². The molecule has 1 unspecified atom stereocenters. The van der Waals surface area contributed by atoms with E-state index in [1.807, 2.05) is 43.9 Å². The molecule has 1 fully saturated rings. The van der Waals surface area contributed by atoms with Crippen LogP contribution >= 0.6 is 0 Å². The topological polar surface area (TPSA) is 72.8 Å². The van der Waals surface area contributed by atoms with E-state index in [0.29, 0.717) is 22.8 Å². The van der Waals surface area contributed by atoms with Gasteiger partial charge < -0.3 is 28.7 Å². The number of aryl methyl sites for hydroxylation is 2. The average Bonchev–Trinajstić information content (AvgIpc) is 3.62. The van der Waals surface area contributed by atoms with Gasteiger partial charge in [0.2, 0.25) is 5.75 Å². The Kier molecular flexibility index (Phi) is 22.3. The minimum absolute atomic E-state index is 0.0252. The number of amides is 1. The van der Waals surface area contributed by atoms with Crippen molar-refractivity contribution in [1.29, 1.82) is 0 Å². The van der Waals surface area contributed by atoms with Gasteiger partial charge in [0, 0.05) is 37.6 Å². The van der Waals surface area contributed by atoms with Crippen molar-refractivity contribution in [2.45, 2.75) is 99.8 Å². The SMILES string of the molecule is CC(C)=Nc1ccccc1C.CCCCN(CCC)CCC1(CCc2ccccc2)CCN(C(=O)c2cc(OC)c(OC)c(OC)c2)C1.CCCOCC. The van der Waals surface area contributed by atoms with Crippen molar-refractivity contribution in [3.63, 3.8) is 0 Å². The summed E-state index contributed by atoms with van der Waals surface area (Å²) in [6.45, 7) is 21.4. The number of likely N-dealkylation sites (tertiary alicyclic amines) is 1. The van der Waals surface area contributed by atoms with Gasteiger partial charge in [-0.15, -0.1) is 0 Å². The molecular formula is C46H71N3O5. The first-order chi connectivity index (χ1) is 26.1. The van der Waals surface area contributed by atoms with Crippen LogP contribution in [0.1, 0.15) is 108 Å². The summed E-state index contributed by atoms with van der Waals surface area (Å²) in [4.78, 5) is 22.7. The highest BCUT2D eigenvalue weighted by molar-refractivity contribution is 5.96. The van der Waals surface area contributed by atoms with Crippen molar-refractivity contribution in [3.05, 3.63) is 83.4 Å². The molecule has 3 aromatic carbocycles. The highest BCUT2D eigenvalue weighted by atomic mass is 16.5. The molecular weight excluding hydrogens is 675 g/mol. The van der Waals surface area contributed by atoms with Crippen LogP contribution < -0.4 is 14.2 Å². The molecule has 0 aliphatic carbocycles. The Morgan fingerprint density at radius 1 is 0.815 bits per heavy atom. The maximum atomic E-state index is 13.7. The lowest BCUT2D eigenvalue weighted by molar-refractivity contribution is 0.0761. The van der Waals surface area contributed by atoms with Gasteiger partial charge in [0.1, 0.15) is 0 Å². The zero-order chi connectivity index (χ0) is 39.8. The largest absolute Gasteiger partial charge is 0.493 e. The maximum absolute atomic E-state index is 13.7. The lowest BCUT2D eigenvalue weighted by atomic mass is 9.78. The fraction of sp³-hybridized carbons (Fsp3) is 0.565. The summed E-state index contributed by atoms with van der Waals surface area (Å²) in [5, 5.41) is 0. The van der Waals surface area contributed by atoms with Gasteiger partial charge in [-0.1, -0.05) is 75.7 Å². The van der Waals surface area contributed by atoms with Crippen molar-refractivity contribution in [1.82, 2.24) is 9.80 Å². The molecule has 8 heteroatoms. The van der Waals surface area contributed by atoms with Crippen LogP contribution in [0.5, 0.6) is 17.2 Å². The summed E-state index contributed by atoms with van der Waals surface area (Å²) in [6.07, 6.45) is 9.03. The van der Waals surface area contributed by atoms with Gasteiger partial charge in [0.05, 0.1) is 27.0 Å². The van der Waals surface area contributed by atoms with Gasteiger partial charge in [-0.3, -0.25) is 9.79 Å². The molecule has 1 aliphatic heterocycles. The number of methoxy groups -OCH3 is 3. The molecule has 0 radical (unpaired) electrons. The Bertz CT molecular complexity index is 1480. The fourth-order valence-corrected chi connectivity index (χ4v) is 6.73. The van der Waals surface area contributed by atoms with Gasteiger partial charge in [-0.2, -0.15) is 0 Å². The molecule has 0 aromatic heterocycles. The molecule has 300 valence electrons. The normalized spacial score (nSPS) is 14.8. The van der Waals surface area contributed by atoms with Crippen LogP contribution in [0.15, 0.2) is 71.7 Å². The molecule has 1 heterocycles. The summed E-state index contributed by atoms with van der Waals surface area (Å²) in [5.41, 5.74) is 5.46. The third-order valence-corrected chi connectivity index (χ3v) is 9.76. The summed E-state index contributed by atoms with van der Waals surface area (Å²) in [7, 11) is 4.74. The molecule has 0 saturated carbocycles. The number of benzene rings is 3. The van der Waals surface area contributed by atoms with E-state index in [9.17, 15) is 4.79 Å². The van der Waals surface area contributed by atoms with Gasteiger partial charge in [0.25, 0.3) is 5.91 Å². The summed E-state index contributed by atoms with van der Waals surface area (Å²) < 4.78 is 21.4. The van der Waals surface area contributed by atoms with Crippen LogP contribution in [0.25, 0.3) is 0 Å². The van der Waals surface area contributed by atoms with Gasteiger partial charge >= 0.3 is 0 Å². The van der Waals surface area contributed by atoms with E-state index >= 15 is 0 Å². The van der Waals surface area contributed by atoms with E-state index in [4.69, 9.17) is 18.9 Å². The van der Waals surface area contributed by atoms with Crippen molar-refractivity contribution in [2.75, 3.05) is 67.3 Å². The zero-order valence-electron chi connectivity index (χ0n) is 35.3. The van der Waals surface area contributed by atoms with E-state index in [0.717, 1.165) is 89.4 Å². The van der Waals surface area contributed by atoms with Crippen LogP contribution in [0.3, 0.4) is 0 Å². The number of hydrogen-bond donors (Lipinski definition) is 0. The number of aliphatic imine (C=N–C) groups is 1. The molecule has 4 rings (SSSR count). The van der Waals surface area contributed by atoms with Crippen molar-refractivity contribution in [3.8, 4) is 17.2 Å². The number of para-hydroxylation sites is 1. The zero-order valence-corrected chi connectivity index (χ0v) is 35.3. The Morgan fingerprint density at radius 3 is 2.02 bits per heavy atom. The van der Waals surface area contributed by atoms with E-state index in [1.54, 1.807) is 33.5 Å². The molecule has 0 N–H and O–H groups in total. The van der Waals surface area contributed by atoms with Crippen LogP contribution in [0, 0.1) is 12.3 Å². The van der Waals surface area contributed by atoms with Crippen LogP contribution in [0.4, 0.5) is 5.69 Å². The predicted octanol–water partition coefficient (Wildman–Crippen LogP) is 10.6. The van der Waals surface area contributed by atoms with E-state index in [-0.39, 0.29) is 11.3 Å². The first kappa shape index (κ1) is 46.3. The highest BCUT2D eigenvalue weighted by Gasteiger charge is 2.40. The second-order valence-corrected chi connectivity index (χ2v) is 14.4. The quantitative estimate of drug-likeness (QED) is 0.0899. The number of carbonyl (C=O) groups excluding carboxylic acids is 1. The van der Waals surface area contributed by atoms with Gasteiger partial charge in [-0.05, 0) is 127 Å². The van der Waals surface area contributed by atoms with Crippen molar-refractivity contribution < 1.29 is 23.7 Å². The molecule has 8 nitrogen and oxygen atoms in total. The lowest BCUT2D eigenvalue weighted by Crippen LogP contribution is -2.36. The third-order valence-electron chi connectivity index (χ3n) is 9.76. The number of rotatable bonds is 19. The number of unbranched alkanes of at least 4 members (excludes halogenated alkanes) is 1. The molecule has 3 aromatic rings. The average molecular weight is 746 g/mol. The molecule has 1 saturated heterocycles. The highest BCUT2D eigenvalue weighted by Crippen LogP contribution is 2.42. The molecule has 54 heavy (non-hydrogen) atoms. The van der Waals surface area contributed by atoms with E-state index in [1.165, 1.54) is 30.4 Å². The first-order valence-corrected chi connectivity index (χ1v) is 20.1. The second-order valence-electron chi connectivity index (χ2n) is 14.4. The summed E-state index contributed by atoms with van der Waals surface area (Å²) >= 11 is 0. The first-order valence-electron chi connectivity index (χ1n) is 20.1. The van der Waals surface area contributed by atoms with Gasteiger partial charge in [-0.25, -0.2) is 0 Å². The van der Waals surface area contributed by atoms with Crippen molar-refractivity contribution >= 4 is 17.3 Å². The summed E-state index contributed by atoms with van der Waals surface area (Å²) in [6, 6.07) is 22.4. The number of nitrogens with zero attached hydrogens (tertiary/aromatic N) is 3. The van der Waals surface area contributed by atoms with Crippen LogP contribution in [0.2, 0.25) is 0 Å². The van der Waals surface area contributed by atoms with Gasteiger partial charge in [0.15, 0.2) is 11.5 Å². The van der Waals surface area contributed by atoms with Crippen LogP contribution in [-0.4, -0.2) is 88.7 Å². The Hall–Kier alpha value is -3.88. The molecule has 1 aliphatic rings. The summed E-state index contributed by atoms with van der Waals surface area (Å²) in [5.74, 6) is 1.54. The lowest BCUT2D eigenvalue weighted by Gasteiger charge is -2.33. The Balaban J connectivity index is 0.000000487. The molecule has 0 bridgehead atoms. The predicted molar refractivity (Wildman–Crippen MR) is 226 cm³/mol. The standard InChI is InChI=1S/C31H46N2O4.C10H13N.C5H12O/c1-6-8-19-32(18-7-2)20-16-31(15-14-25-12-10-9-11-13-25)17-21-33(24-31)30(34)26-22-27(35-3)29(37-5)28(23-26)36-4;1-8(2)11-10-7-5-4-6-9(10)3;1-3-5-6-4-2/h9-13,22-23H,6-8,14-21,24H2,1-5H3;4-7H,1-3H3;3-5H2,1-2H3. The number of carbonyl (C=O) groups is 1. The Morgan fingerprint density at radius 2 is 1.48 bits per heavy atom. The van der Waals surface area contributed by atoms with E-state index in [2.05, 4.69) is 74.0 Å². The molecule has 0 spiro atoms.